The minimum Gasteiger partial charge on any atom is -0.380 e. The summed E-state index contributed by atoms with van der Waals surface area (Å²) in [6.45, 7) is 20.0. The number of sulfonamides is 1. The first kappa shape index (κ1) is 54.6. The summed E-state index contributed by atoms with van der Waals surface area (Å²) in [6, 6.07) is 10.5. The minimum absolute atomic E-state index is 0.0498. The van der Waals surface area contributed by atoms with Crippen molar-refractivity contribution in [1.29, 1.82) is 0 Å². The van der Waals surface area contributed by atoms with E-state index in [9.17, 15) is 39.1 Å². The SMILES string of the molecule is CC(C)(C)OP(=O)(OCCN(CCOP(=O)(OC(C)(C)C)OC(C)(C)C)CC[C@H](CSc1ccccc1)Nc1ccc(S(N)(=O)=O)cc1S(=O)(=O)C(F)(F)F)OC(C)(C)C. The first-order valence-electron chi connectivity index (χ1n) is 18.9. The number of thioether (sulfide) groups is 1. The molecule has 0 aliphatic rings. The Bertz CT molecular complexity index is 1920. The molecule has 0 saturated heterocycles. The minimum atomic E-state index is -6.07. The number of alkyl halides is 3. The number of rotatable bonds is 22. The van der Waals surface area contributed by atoms with E-state index in [0.29, 0.717) is 6.07 Å². The van der Waals surface area contributed by atoms with E-state index in [0.717, 1.165) is 17.0 Å². The number of primary sulfonamides is 1. The monoisotopic (exact) mass is 955 g/mol. The molecule has 2 rings (SSSR count). The Morgan fingerprint density at radius 3 is 1.52 bits per heavy atom. The van der Waals surface area contributed by atoms with Gasteiger partial charge in [0.15, 0.2) is 0 Å². The van der Waals surface area contributed by atoms with Gasteiger partial charge in [0, 0.05) is 36.3 Å². The van der Waals surface area contributed by atoms with Gasteiger partial charge in [-0.3, -0.25) is 32.0 Å². The Morgan fingerprint density at radius 1 is 0.700 bits per heavy atom. The van der Waals surface area contributed by atoms with Crippen molar-refractivity contribution in [2.24, 2.45) is 5.14 Å². The van der Waals surface area contributed by atoms with Gasteiger partial charge >= 0.3 is 21.2 Å². The van der Waals surface area contributed by atoms with E-state index in [-0.39, 0.29) is 45.0 Å². The standard InChI is InChI=1S/C37H62F3N3O12P2S3/c1-33(2,3)52-56(44,53-34(4,5)6)50-24-22-43(23-25-51-57(45,54-35(7,8)9)55-36(10,11)12)21-20-28(27-58-29-16-14-13-15-17-29)42-31-19-18-30(60(41,48)49)26-32(31)59(46,47)37(38,39)40/h13-19,26,28,42H,20-25,27H2,1-12H3,(H2,41,48,49)/t28-/m1/s1. The summed E-state index contributed by atoms with van der Waals surface area (Å²) in [7, 11) is -19.0. The normalized spacial score (nSPS) is 14.8. The lowest BCUT2D eigenvalue weighted by molar-refractivity contribution is -0.0436. The van der Waals surface area contributed by atoms with Gasteiger partial charge in [-0.1, -0.05) is 18.2 Å². The molecule has 0 heterocycles. The molecule has 0 aliphatic heterocycles. The Balaban J connectivity index is 2.56. The van der Waals surface area contributed by atoms with Crippen LogP contribution in [0.1, 0.15) is 89.5 Å². The molecule has 23 heteroatoms. The number of anilines is 1. The van der Waals surface area contributed by atoms with Crippen LogP contribution >= 0.6 is 27.4 Å². The predicted octanol–water partition coefficient (Wildman–Crippen LogP) is 9.40. The van der Waals surface area contributed by atoms with Gasteiger partial charge in [0.25, 0.3) is 9.84 Å². The molecule has 1 atom stereocenters. The second-order valence-electron chi connectivity index (χ2n) is 17.6. The zero-order chi connectivity index (χ0) is 46.2. The summed E-state index contributed by atoms with van der Waals surface area (Å²) in [6.07, 6.45) is 0.131. The molecule has 2 aromatic rings. The maximum atomic E-state index is 13.9. The molecule has 0 amide bonds. The van der Waals surface area contributed by atoms with Crippen molar-refractivity contribution in [3.8, 4) is 0 Å². The van der Waals surface area contributed by atoms with E-state index >= 15 is 0 Å². The molecule has 3 N–H and O–H groups in total. The lowest BCUT2D eigenvalue weighted by Crippen LogP contribution is -2.36. The summed E-state index contributed by atoms with van der Waals surface area (Å²) < 4.78 is 154. The van der Waals surface area contributed by atoms with Gasteiger partial charge in [-0.2, -0.15) is 13.2 Å². The van der Waals surface area contributed by atoms with Crippen molar-refractivity contribution in [2.45, 2.75) is 138 Å². The van der Waals surface area contributed by atoms with Crippen molar-refractivity contribution < 1.29 is 66.3 Å². The average molecular weight is 956 g/mol. The van der Waals surface area contributed by atoms with Gasteiger partial charge in [-0.05, 0) is 120 Å². The van der Waals surface area contributed by atoms with Crippen LogP contribution in [0.15, 0.2) is 63.2 Å². The van der Waals surface area contributed by atoms with Crippen LogP contribution in [0.2, 0.25) is 0 Å². The van der Waals surface area contributed by atoms with Crippen molar-refractivity contribution in [1.82, 2.24) is 4.90 Å². The number of hydrogen-bond donors (Lipinski definition) is 2. The summed E-state index contributed by atoms with van der Waals surface area (Å²) >= 11 is 1.33. The Hall–Kier alpha value is -1.58. The fourth-order valence-corrected chi connectivity index (χ4v) is 11.1. The molecule has 0 saturated carbocycles. The number of nitrogens with one attached hydrogen (secondary N) is 1. The highest BCUT2D eigenvalue weighted by Crippen LogP contribution is 2.56. The van der Waals surface area contributed by atoms with Crippen LogP contribution in [0, 0.1) is 0 Å². The molecule has 15 nitrogen and oxygen atoms in total. The Morgan fingerprint density at radius 2 is 1.13 bits per heavy atom. The fraction of sp³-hybridized carbons (Fsp3) is 0.676. The van der Waals surface area contributed by atoms with Gasteiger partial charge in [-0.25, -0.2) is 31.1 Å². The second-order valence-corrected chi connectivity index (χ2v) is 25.2. The molecule has 0 unspecified atom stereocenters. The Kier molecular flexibility index (Phi) is 19.0. The topological polar surface area (TPSA) is 199 Å². The molecule has 2 aromatic carbocycles. The van der Waals surface area contributed by atoms with E-state index in [4.69, 9.17) is 32.3 Å². The van der Waals surface area contributed by atoms with Gasteiger partial charge < -0.3 is 5.32 Å². The Labute approximate surface area is 358 Å². The number of benzene rings is 2. The number of hydrogen-bond acceptors (Lipinski definition) is 15. The van der Waals surface area contributed by atoms with Crippen molar-refractivity contribution >= 4 is 53.0 Å². The zero-order valence-corrected chi connectivity index (χ0v) is 40.6. The van der Waals surface area contributed by atoms with Gasteiger partial charge in [-0.15, -0.1) is 11.8 Å². The second kappa shape index (κ2) is 20.9. The molecule has 0 bridgehead atoms. The molecule has 60 heavy (non-hydrogen) atoms. The highest BCUT2D eigenvalue weighted by Gasteiger charge is 2.48. The summed E-state index contributed by atoms with van der Waals surface area (Å²) in [5.74, 6) is 0.190. The molecule has 0 aromatic heterocycles. The van der Waals surface area contributed by atoms with Crippen LogP contribution in [0.3, 0.4) is 0 Å². The highest BCUT2D eigenvalue weighted by molar-refractivity contribution is 7.99. The third kappa shape index (κ3) is 20.3. The number of phosphoric ester groups is 2. The third-order valence-electron chi connectivity index (χ3n) is 7.08. The molecule has 0 fully saturated rings. The number of nitrogens with zero attached hydrogens (tertiary/aromatic N) is 1. The van der Waals surface area contributed by atoms with Crippen LogP contribution in [0.5, 0.6) is 0 Å². The maximum Gasteiger partial charge on any atom is 0.501 e. The van der Waals surface area contributed by atoms with Gasteiger partial charge in [0.05, 0.1) is 46.2 Å². The number of phosphoric acid groups is 2. The van der Waals surface area contributed by atoms with Crippen molar-refractivity contribution in [3.05, 3.63) is 48.5 Å². The van der Waals surface area contributed by atoms with E-state index in [1.54, 1.807) is 106 Å². The van der Waals surface area contributed by atoms with E-state index in [1.807, 2.05) is 12.1 Å². The number of nitrogens with two attached hydrogens (primary N) is 1. The summed E-state index contributed by atoms with van der Waals surface area (Å²) in [4.78, 5) is 0.425. The number of halogens is 3. The summed E-state index contributed by atoms with van der Waals surface area (Å²) in [5, 5.41) is 8.06. The van der Waals surface area contributed by atoms with E-state index in [2.05, 4.69) is 5.32 Å². The van der Waals surface area contributed by atoms with Crippen molar-refractivity contribution in [2.75, 3.05) is 43.9 Å². The van der Waals surface area contributed by atoms with E-state index in [1.165, 1.54) is 11.8 Å². The molecule has 0 radical (unpaired) electrons. The van der Waals surface area contributed by atoms with Crippen LogP contribution < -0.4 is 10.5 Å². The average Bonchev–Trinajstić information content (AvgIpc) is 3.01. The predicted molar refractivity (Wildman–Crippen MR) is 227 cm³/mol. The first-order chi connectivity index (χ1) is 26.9. The highest BCUT2D eigenvalue weighted by atomic mass is 32.2. The van der Waals surface area contributed by atoms with Gasteiger partial charge in [0.1, 0.15) is 4.90 Å². The van der Waals surface area contributed by atoms with Crippen LogP contribution in [-0.4, -0.2) is 94.3 Å². The third-order valence-corrected chi connectivity index (χ3v) is 14.8. The zero-order valence-electron chi connectivity index (χ0n) is 36.3. The summed E-state index contributed by atoms with van der Waals surface area (Å²) in [5.41, 5.74) is -9.96. The largest absolute Gasteiger partial charge is 0.501 e. The van der Waals surface area contributed by atoms with Gasteiger partial charge in [0.2, 0.25) is 10.0 Å². The molecular formula is C37H62F3N3O12P2S3. The smallest absolute Gasteiger partial charge is 0.380 e. The number of sulfone groups is 1. The molecular weight excluding hydrogens is 894 g/mol. The first-order valence-corrected chi connectivity index (χ1v) is 25.8. The molecule has 0 aliphatic carbocycles. The van der Waals surface area contributed by atoms with Crippen LogP contribution in [0.4, 0.5) is 18.9 Å². The lowest BCUT2D eigenvalue weighted by Gasteiger charge is -2.32. The van der Waals surface area contributed by atoms with Crippen molar-refractivity contribution in [3.63, 3.8) is 0 Å². The fourth-order valence-electron chi connectivity index (χ4n) is 5.00. The van der Waals surface area contributed by atoms with E-state index < -0.39 is 84.9 Å². The quantitative estimate of drug-likeness (QED) is 0.0835. The lowest BCUT2D eigenvalue weighted by atomic mass is 10.2. The molecule has 0 spiro atoms. The van der Waals surface area contributed by atoms with Crippen LogP contribution in [0.25, 0.3) is 0 Å². The molecule has 346 valence electrons. The van der Waals surface area contributed by atoms with Crippen LogP contribution in [-0.2, 0) is 56.1 Å². The maximum absolute atomic E-state index is 13.9.